The normalized spacial score (nSPS) is 25.7. The summed E-state index contributed by atoms with van der Waals surface area (Å²) >= 11 is 0. The van der Waals surface area contributed by atoms with Crippen molar-refractivity contribution in [2.45, 2.75) is 51.9 Å². The molecular formula is C17H24N2O2. The Balaban J connectivity index is 2.15. The van der Waals surface area contributed by atoms with Gasteiger partial charge in [0.05, 0.1) is 5.41 Å². The number of carbonyl (C=O) groups excluding carboxylic acids is 2. The quantitative estimate of drug-likeness (QED) is 0.761. The van der Waals surface area contributed by atoms with E-state index in [2.05, 4.69) is 6.08 Å². The molecule has 4 N–H and O–H groups in total. The average Bonchev–Trinajstić information content (AvgIpc) is 2.47. The van der Waals surface area contributed by atoms with Crippen molar-refractivity contribution in [3.63, 3.8) is 0 Å². The van der Waals surface area contributed by atoms with Gasteiger partial charge in [0, 0.05) is 5.57 Å². The minimum absolute atomic E-state index is 0.327. The Morgan fingerprint density at radius 3 is 2.62 bits per heavy atom. The molecule has 2 aliphatic rings. The van der Waals surface area contributed by atoms with Gasteiger partial charge in [0.15, 0.2) is 0 Å². The summed E-state index contributed by atoms with van der Waals surface area (Å²) in [6.45, 7) is 1.84. The molecule has 0 aromatic carbocycles. The van der Waals surface area contributed by atoms with E-state index in [9.17, 15) is 9.59 Å². The molecule has 0 heterocycles. The number of primary amides is 2. The predicted molar refractivity (Wildman–Crippen MR) is 83.1 cm³/mol. The molecule has 4 heteroatoms. The second kappa shape index (κ2) is 6.29. The van der Waals surface area contributed by atoms with Gasteiger partial charge in [0.1, 0.15) is 0 Å². The van der Waals surface area contributed by atoms with Crippen molar-refractivity contribution < 1.29 is 9.59 Å². The third-order valence-electron chi connectivity index (χ3n) is 4.69. The second-order valence-corrected chi connectivity index (χ2v) is 6.16. The van der Waals surface area contributed by atoms with Gasteiger partial charge >= 0.3 is 0 Å². The van der Waals surface area contributed by atoms with E-state index in [0.717, 1.165) is 24.8 Å². The Hall–Kier alpha value is -1.84. The van der Waals surface area contributed by atoms with Crippen molar-refractivity contribution in [1.82, 2.24) is 0 Å². The molecule has 0 spiro atoms. The number of carbonyl (C=O) groups is 2. The molecule has 114 valence electrons. The van der Waals surface area contributed by atoms with Crippen LogP contribution in [0.1, 0.15) is 51.9 Å². The lowest BCUT2D eigenvalue weighted by Gasteiger charge is -2.32. The van der Waals surface area contributed by atoms with Gasteiger partial charge in [-0.15, -0.1) is 0 Å². The minimum Gasteiger partial charge on any atom is -0.369 e. The summed E-state index contributed by atoms with van der Waals surface area (Å²) in [4.78, 5) is 23.5. The zero-order chi connectivity index (χ0) is 15.5. The lowest BCUT2D eigenvalue weighted by Crippen LogP contribution is -2.39. The Morgan fingerprint density at radius 1 is 1.29 bits per heavy atom. The first-order chi connectivity index (χ1) is 9.94. The van der Waals surface area contributed by atoms with Crippen molar-refractivity contribution >= 4 is 11.8 Å². The highest BCUT2D eigenvalue weighted by molar-refractivity contribution is 5.96. The van der Waals surface area contributed by atoms with E-state index in [-0.39, 0.29) is 5.91 Å². The average molecular weight is 288 g/mol. The minimum atomic E-state index is -0.776. The molecule has 21 heavy (non-hydrogen) atoms. The molecule has 0 radical (unpaired) electrons. The third kappa shape index (κ3) is 3.43. The molecule has 2 aliphatic carbocycles. The first kappa shape index (κ1) is 15.5. The van der Waals surface area contributed by atoms with Gasteiger partial charge in [-0.25, -0.2) is 0 Å². The molecule has 0 aromatic rings. The smallest absolute Gasteiger partial charge is 0.244 e. The van der Waals surface area contributed by atoms with Crippen molar-refractivity contribution in [3.8, 4) is 0 Å². The Labute approximate surface area is 126 Å². The summed E-state index contributed by atoms with van der Waals surface area (Å²) in [5.74, 6) is -0.833. The molecule has 0 aliphatic heterocycles. The summed E-state index contributed by atoms with van der Waals surface area (Å²) in [6.07, 6.45) is 12.5. The van der Waals surface area contributed by atoms with Gasteiger partial charge < -0.3 is 11.5 Å². The number of nitrogens with two attached hydrogens (primary N) is 2. The fourth-order valence-corrected chi connectivity index (χ4v) is 3.16. The largest absolute Gasteiger partial charge is 0.369 e. The van der Waals surface area contributed by atoms with Gasteiger partial charge in [0.2, 0.25) is 11.8 Å². The van der Waals surface area contributed by atoms with Gasteiger partial charge in [-0.3, -0.25) is 9.59 Å². The van der Waals surface area contributed by atoms with Crippen molar-refractivity contribution in [2.24, 2.45) is 16.9 Å². The van der Waals surface area contributed by atoms with Crippen LogP contribution in [-0.2, 0) is 9.59 Å². The topological polar surface area (TPSA) is 86.2 Å². The Bertz CT molecular complexity index is 543. The summed E-state index contributed by atoms with van der Waals surface area (Å²) in [7, 11) is 0. The van der Waals surface area contributed by atoms with E-state index >= 15 is 0 Å². The summed E-state index contributed by atoms with van der Waals surface area (Å²) in [5.41, 5.74) is 13.0. The molecule has 0 aromatic heterocycles. The highest BCUT2D eigenvalue weighted by Crippen LogP contribution is 2.39. The highest BCUT2D eigenvalue weighted by atomic mass is 16.1. The molecule has 2 amide bonds. The van der Waals surface area contributed by atoms with Crippen LogP contribution in [0.4, 0.5) is 0 Å². The van der Waals surface area contributed by atoms with E-state index in [4.69, 9.17) is 11.5 Å². The molecular weight excluding hydrogens is 264 g/mol. The highest BCUT2D eigenvalue weighted by Gasteiger charge is 2.38. The maximum absolute atomic E-state index is 12.0. The maximum atomic E-state index is 12.0. The van der Waals surface area contributed by atoms with Crippen LogP contribution in [0.15, 0.2) is 34.9 Å². The molecule has 4 nitrogen and oxygen atoms in total. The van der Waals surface area contributed by atoms with Crippen LogP contribution in [-0.4, -0.2) is 11.8 Å². The van der Waals surface area contributed by atoms with Crippen LogP contribution >= 0.6 is 0 Å². The van der Waals surface area contributed by atoms with E-state index in [1.807, 2.05) is 19.1 Å². The standard InChI is InChI=1S/C17H24N2O2/c1-12-7-9-17(16(19)21,11-14(12)15(18)20)10-8-13-5-3-2-4-6-13/h5,7,9H,2-4,6,8,10-11H2,1H3,(H2,18,20)(H2,19,21). The van der Waals surface area contributed by atoms with E-state index < -0.39 is 11.3 Å². The van der Waals surface area contributed by atoms with Crippen LogP contribution in [0.3, 0.4) is 0 Å². The number of amides is 2. The lowest BCUT2D eigenvalue weighted by molar-refractivity contribution is -0.125. The summed E-state index contributed by atoms with van der Waals surface area (Å²) < 4.78 is 0. The van der Waals surface area contributed by atoms with Crippen LogP contribution in [0.2, 0.25) is 0 Å². The van der Waals surface area contributed by atoms with Crippen molar-refractivity contribution in [2.75, 3.05) is 0 Å². The molecule has 1 atom stereocenters. The SMILES string of the molecule is CC1=C(C(N)=O)CC(CCC2=CCCCC2)(C(N)=O)C=C1. The van der Waals surface area contributed by atoms with Gasteiger partial charge in [0.25, 0.3) is 0 Å². The van der Waals surface area contributed by atoms with Crippen molar-refractivity contribution in [1.29, 1.82) is 0 Å². The fraction of sp³-hybridized carbons (Fsp3) is 0.529. The first-order valence-corrected chi connectivity index (χ1v) is 7.61. The zero-order valence-electron chi connectivity index (χ0n) is 12.7. The molecule has 2 rings (SSSR count). The molecule has 0 saturated carbocycles. The number of allylic oxidation sites excluding steroid dienone is 4. The van der Waals surface area contributed by atoms with Crippen LogP contribution in [0.25, 0.3) is 0 Å². The lowest BCUT2D eigenvalue weighted by atomic mass is 9.71. The molecule has 0 saturated heterocycles. The summed E-state index contributed by atoms with van der Waals surface area (Å²) in [5, 5.41) is 0. The zero-order valence-corrected chi connectivity index (χ0v) is 12.7. The predicted octanol–water partition coefficient (Wildman–Crippen LogP) is 2.50. The number of rotatable bonds is 5. The third-order valence-corrected chi connectivity index (χ3v) is 4.69. The van der Waals surface area contributed by atoms with Gasteiger partial charge in [-0.05, 0) is 57.4 Å². The first-order valence-electron chi connectivity index (χ1n) is 7.61. The second-order valence-electron chi connectivity index (χ2n) is 6.16. The maximum Gasteiger partial charge on any atom is 0.244 e. The van der Waals surface area contributed by atoms with Gasteiger partial charge in [-0.2, -0.15) is 0 Å². The Kier molecular flexibility index (Phi) is 4.66. The number of hydrogen-bond acceptors (Lipinski definition) is 2. The monoisotopic (exact) mass is 288 g/mol. The van der Waals surface area contributed by atoms with Gasteiger partial charge in [-0.1, -0.05) is 23.8 Å². The fourth-order valence-electron chi connectivity index (χ4n) is 3.16. The van der Waals surface area contributed by atoms with Crippen LogP contribution in [0.5, 0.6) is 0 Å². The molecule has 0 bridgehead atoms. The van der Waals surface area contributed by atoms with E-state index in [1.165, 1.54) is 18.4 Å². The van der Waals surface area contributed by atoms with E-state index in [0.29, 0.717) is 18.4 Å². The molecule has 1 unspecified atom stereocenters. The van der Waals surface area contributed by atoms with Crippen molar-refractivity contribution in [3.05, 3.63) is 34.9 Å². The van der Waals surface area contributed by atoms with Crippen LogP contribution in [0, 0.1) is 5.41 Å². The summed E-state index contributed by atoms with van der Waals surface area (Å²) in [6, 6.07) is 0. The van der Waals surface area contributed by atoms with E-state index in [1.54, 1.807) is 0 Å². The van der Waals surface area contributed by atoms with Crippen LogP contribution < -0.4 is 11.5 Å². The molecule has 0 fully saturated rings. The Morgan fingerprint density at radius 2 is 2.05 bits per heavy atom. The number of hydrogen-bond donors (Lipinski definition) is 2.